The maximum Gasteiger partial charge on any atom is 0.308 e. The maximum absolute atomic E-state index is 13.6. The first-order valence-corrected chi connectivity index (χ1v) is 12.8. The highest BCUT2D eigenvalue weighted by Crippen LogP contribution is 2.37. The van der Waals surface area contributed by atoms with Gasteiger partial charge >= 0.3 is 11.9 Å². The zero-order valence-electron chi connectivity index (χ0n) is 22.9. The van der Waals surface area contributed by atoms with Crippen molar-refractivity contribution in [2.75, 3.05) is 13.7 Å². The molecule has 15 nitrogen and oxygen atoms in total. The number of hydrogen-bond donors (Lipinski definition) is 7. The molecular formula is C28H30O15. The molecule has 0 amide bonds. The van der Waals surface area contributed by atoms with Gasteiger partial charge in [0.05, 0.1) is 25.6 Å². The van der Waals surface area contributed by atoms with E-state index in [1.165, 1.54) is 37.4 Å². The number of rotatable bonds is 10. The molecule has 0 aliphatic carbocycles. The zero-order chi connectivity index (χ0) is 31.6. The number of fused-ring (bicyclic) bond motifs is 1. The molecule has 6 atom stereocenters. The van der Waals surface area contributed by atoms with Crippen LogP contribution in [0.3, 0.4) is 0 Å². The van der Waals surface area contributed by atoms with Gasteiger partial charge in [0.1, 0.15) is 59.2 Å². The largest absolute Gasteiger partial charge is 0.508 e. The van der Waals surface area contributed by atoms with Crippen LogP contribution in [0.4, 0.5) is 0 Å². The van der Waals surface area contributed by atoms with Crippen LogP contribution in [0.25, 0.3) is 22.3 Å². The molecule has 1 aromatic heterocycles. The van der Waals surface area contributed by atoms with Crippen molar-refractivity contribution in [1.29, 1.82) is 0 Å². The number of hydrogen-bond acceptors (Lipinski definition) is 14. The van der Waals surface area contributed by atoms with Gasteiger partial charge in [-0.1, -0.05) is 0 Å². The lowest BCUT2D eigenvalue weighted by Gasteiger charge is -2.39. The number of ether oxygens (including phenoxy) is 4. The molecule has 3 aromatic rings. The average molecular weight is 607 g/mol. The Morgan fingerprint density at radius 3 is 2.30 bits per heavy atom. The third kappa shape index (κ3) is 6.98. The van der Waals surface area contributed by atoms with Crippen molar-refractivity contribution in [2.45, 2.75) is 56.1 Å². The van der Waals surface area contributed by atoms with Crippen LogP contribution in [-0.4, -0.2) is 97.7 Å². The van der Waals surface area contributed by atoms with E-state index in [9.17, 15) is 45.0 Å². The summed E-state index contributed by atoms with van der Waals surface area (Å²) in [5, 5.41) is 70.4. The fourth-order valence-corrected chi connectivity index (χ4v) is 4.48. The molecule has 7 N–H and O–H groups in total. The van der Waals surface area contributed by atoms with Crippen molar-refractivity contribution in [3.05, 3.63) is 46.6 Å². The molecule has 4 rings (SSSR count). The van der Waals surface area contributed by atoms with Gasteiger partial charge < -0.3 is 59.1 Å². The van der Waals surface area contributed by atoms with Gasteiger partial charge in [-0.2, -0.15) is 0 Å². The van der Waals surface area contributed by atoms with Gasteiger partial charge in [0, 0.05) is 17.7 Å². The lowest BCUT2D eigenvalue weighted by molar-refractivity contribution is -0.278. The Labute approximate surface area is 242 Å². The van der Waals surface area contributed by atoms with Gasteiger partial charge in [0.25, 0.3) is 0 Å². The summed E-state index contributed by atoms with van der Waals surface area (Å²) in [6.45, 7) is 0.400. The van der Waals surface area contributed by atoms with Crippen LogP contribution in [-0.2, 0) is 19.1 Å². The fourth-order valence-electron chi connectivity index (χ4n) is 4.48. The van der Waals surface area contributed by atoms with E-state index in [1.807, 2.05) is 0 Å². The quantitative estimate of drug-likeness (QED) is 0.153. The third-order valence-electron chi connectivity index (χ3n) is 6.64. The van der Waals surface area contributed by atoms with Crippen molar-refractivity contribution >= 4 is 22.9 Å². The Hall–Kier alpha value is -4.41. The summed E-state index contributed by atoms with van der Waals surface area (Å²) < 4.78 is 27.3. The summed E-state index contributed by atoms with van der Waals surface area (Å²) in [5.74, 6) is -3.64. The highest BCUT2D eigenvalue weighted by Gasteiger charge is 2.46. The van der Waals surface area contributed by atoms with E-state index in [-0.39, 0.29) is 33.8 Å². The number of phenols is 2. The van der Waals surface area contributed by atoms with E-state index >= 15 is 0 Å². The number of aromatic hydroxyl groups is 2. The van der Waals surface area contributed by atoms with Crippen LogP contribution < -0.4 is 14.9 Å². The minimum Gasteiger partial charge on any atom is -0.508 e. The topological polar surface area (TPSA) is 243 Å². The molecule has 0 bridgehead atoms. The Bertz CT molecular complexity index is 1540. The summed E-state index contributed by atoms with van der Waals surface area (Å²) in [6, 6.07) is 7.89. The van der Waals surface area contributed by atoms with Gasteiger partial charge in [-0.25, -0.2) is 0 Å². The molecule has 1 fully saturated rings. The van der Waals surface area contributed by atoms with Crippen molar-refractivity contribution in [1.82, 2.24) is 0 Å². The smallest absolute Gasteiger partial charge is 0.308 e. The molecule has 0 radical (unpaired) electrons. The van der Waals surface area contributed by atoms with Crippen molar-refractivity contribution in [3.8, 4) is 34.3 Å². The van der Waals surface area contributed by atoms with E-state index in [2.05, 4.69) is 0 Å². The van der Waals surface area contributed by atoms with Crippen LogP contribution in [0.15, 0.2) is 45.6 Å². The molecule has 2 heterocycles. The lowest BCUT2D eigenvalue weighted by Crippen LogP contribution is -2.60. The van der Waals surface area contributed by atoms with Gasteiger partial charge in [0.2, 0.25) is 17.5 Å². The Morgan fingerprint density at radius 2 is 1.67 bits per heavy atom. The minimum atomic E-state index is -1.94. The van der Waals surface area contributed by atoms with E-state index in [0.717, 1.165) is 13.0 Å². The Morgan fingerprint density at radius 1 is 1.00 bits per heavy atom. The predicted octanol–water partition coefficient (Wildman–Crippen LogP) is 0.225. The summed E-state index contributed by atoms with van der Waals surface area (Å²) in [4.78, 5) is 36.7. The van der Waals surface area contributed by atoms with Crippen LogP contribution >= 0.6 is 0 Å². The van der Waals surface area contributed by atoms with Crippen molar-refractivity contribution < 1.29 is 68.7 Å². The maximum atomic E-state index is 13.6. The molecular weight excluding hydrogens is 576 g/mol. The Kier molecular flexibility index (Phi) is 9.12. The first-order valence-electron chi connectivity index (χ1n) is 12.8. The molecule has 0 spiro atoms. The molecule has 1 aliphatic heterocycles. The second kappa shape index (κ2) is 12.4. The van der Waals surface area contributed by atoms with Crippen LogP contribution in [0.2, 0.25) is 0 Å². The highest BCUT2D eigenvalue weighted by atomic mass is 16.7. The van der Waals surface area contributed by atoms with Crippen molar-refractivity contribution in [2.24, 2.45) is 0 Å². The summed E-state index contributed by atoms with van der Waals surface area (Å²) in [5.41, 5.74) is -2.72. The number of carboxylic acids is 1. The number of carbonyl (C=O) groups is 2. The third-order valence-corrected chi connectivity index (χ3v) is 6.64. The number of benzene rings is 2. The number of aliphatic carboxylic acids is 1. The second-order valence-electron chi connectivity index (χ2n) is 10.2. The first-order chi connectivity index (χ1) is 20.2. The predicted molar refractivity (Wildman–Crippen MR) is 144 cm³/mol. The van der Waals surface area contributed by atoms with Gasteiger partial charge in [-0.3, -0.25) is 14.4 Å². The van der Waals surface area contributed by atoms with Crippen LogP contribution in [0.1, 0.15) is 19.8 Å². The Balaban J connectivity index is 1.66. The number of esters is 1. The van der Waals surface area contributed by atoms with Crippen LogP contribution in [0.5, 0.6) is 23.0 Å². The van der Waals surface area contributed by atoms with E-state index in [4.69, 9.17) is 28.5 Å². The highest BCUT2D eigenvalue weighted by molar-refractivity contribution is 5.88. The zero-order valence-corrected chi connectivity index (χ0v) is 22.9. The fraction of sp³-hybridized carbons (Fsp3) is 0.393. The number of carbonyl (C=O) groups excluding carboxylic acids is 1. The summed E-state index contributed by atoms with van der Waals surface area (Å²) in [7, 11) is 1.34. The standard InChI is InChI=1S/C28H30O15/c1-28(38,9-18(31)32)10-19(33)40-11-17-21(34)23(36)24(37)27(42-17)43-26-22(35)20-15(30)7-14(39-2)8-16(20)41-25(26)12-3-5-13(29)6-4-12/h3-8,17,21,23-24,27,29-30,34,36-38H,9-11H2,1-2H3,(H,31,32). The molecule has 2 aromatic carbocycles. The van der Waals surface area contributed by atoms with E-state index in [1.54, 1.807) is 0 Å². The average Bonchev–Trinajstić information content (AvgIpc) is 2.92. The second-order valence-corrected chi connectivity index (χ2v) is 10.2. The SMILES string of the molecule is COc1cc(O)c2c(=O)c(OC3OC(COC(=O)CC(C)(O)CC(=O)O)C(O)C(O)C3O)c(-c3ccc(O)cc3)oc2c1. The molecule has 1 saturated heterocycles. The normalized spacial score (nSPS) is 23.3. The molecule has 6 unspecified atom stereocenters. The van der Waals surface area contributed by atoms with Gasteiger partial charge in [0.15, 0.2) is 5.76 Å². The van der Waals surface area contributed by atoms with Gasteiger partial charge in [-0.15, -0.1) is 0 Å². The first kappa shape index (κ1) is 31.5. The van der Waals surface area contributed by atoms with Crippen molar-refractivity contribution in [3.63, 3.8) is 0 Å². The molecule has 43 heavy (non-hydrogen) atoms. The lowest BCUT2D eigenvalue weighted by atomic mass is 9.98. The molecule has 1 aliphatic rings. The molecule has 0 saturated carbocycles. The van der Waals surface area contributed by atoms with Gasteiger partial charge in [-0.05, 0) is 31.2 Å². The van der Waals surface area contributed by atoms with E-state index in [0.29, 0.717) is 0 Å². The van der Waals surface area contributed by atoms with Crippen LogP contribution in [0, 0.1) is 0 Å². The molecule has 15 heteroatoms. The number of aliphatic hydroxyl groups excluding tert-OH is 3. The number of phenolic OH excluding ortho intramolecular Hbond substituents is 2. The number of methoxy groups -OCH3 is 1. The monoisotopic (exact) mass is 606 g/mol. The summed E-state index contributed by atoms with van der Waals surface area (Å²) in [6.07, 6.45) is -10.5. The summed E-state index contributed by atoms with van der Waals surface area (Å²) >= 11 is 0. The van der Waals surface area contributed by atoms with E-state index < -0.39 is 84.6 Å². The molecule has 232 valence electrons. The minimum absolute atomic E-state index is 0.0959. The number of aliphatic hydroxyl groups is 4. The number of carboxylic acid groups (broad SMARTS) is 1.